The lowest BCUT2D eigenvalue weighted by Gasteiger charge is -2.11. The van der Waals surface area contributed by atoms with E-state index in [0.717, 1.165) is 5.12 Å². The maximum absolute atomic E-state index is 5.82. The first kappa shape index (κ1) is 9.47. The molecular weight excluding hydrogens is 190 g/mol. The van der Waals surface area contributed by atoms with E-state index >= 15 is 0 Å². The summed E-state index contributed by atoms with van der Waals surface area (Å²) in [7, 11) is 0. The Hall–Kier alpha value is -1.62. The molecule has 0 fully saturated rings. The number of rotatable bonds is 3. The molecular formula is C7H8ClN5. The summed E-state index contributed by atoms with van der Waals surface area (Å²) in [6, 6.07) is 1.55. The van der Waals surface area contributed by atoms with Crippen molar-refractivity contribution in [2.45, 2.75) is 0 Å². The summed E-state index contributed by atoms with van der Waals surface area (Å²) < 4.78 is 0. The monoisotopic (exact) mass is 197 g/mol. The Labute approximate surface area is 80.5 Å². The van der Waals surface area contributed by atoms with Crippen LogP contribution in [0.4, 0.5) is 11.5 Å². The van der Waals surface area contributed by atoms with Gasteiger partial charge in [0.25, 0.3) is 0 Å². The molecule has 1 aromatic heterocycles. The van der Waals surface area contributed by atoms with E-state index in [-0.39, 0.29) is 0 Å². The maximum atomic E-state index is 5.82. The third-order valence-corrected chi connectivity index (χ3v) is 1.58. The molecule has 0 unspecified atom stereocenters. The summed E-state index contributed by atoms with van der Waals surface area (Å²) in [5.74, 6) is 0.348. The first-order valence-corrected chi connectivity index (χ1v) is 3.71. The van der Waals surface area contributed by atoms with Crippen LogP contribution in [0.5, 0.6) is 0 Å². The highest BCUT2D eigenvalue weighted by atomic mass is 35.5. The van der Waals surface area contributed by atoms with Gasteiger partial charge < -0.3 is 5.73 Å². The fourth-order valence-electron chi connectivity index (χ4n) is 0.771. The minimum absolute atomic E-state index is 0.347. The van der Waals surface area contributed by atoms with Crippen molar-refractivity contribution in [3.8, 4) is 0 Å². The van der Waals surface area contributed by atoms with Gasteiger partial charge in [-0.25, -0.2) is 4.98 Å². The molecule has 13 heavy (non-hydrogen) atoms. The van der Waals surface area contributed by atoms with Crippen LogP contribution in [-0.2, 0) is 0 Å². The molecule has 0 radical (unpaired) electrons. The van der Waals surface area contributed by atoms with E-state index in [1.54, 1.807) is 6.07 Å². The van der Waals surface area contributed by atoms with Crippen molar-refractivity contribution < 1.29 is 0 Å². The Morgan fingerprint density at radius 2 is 2.08 bits per heavy atom. The molecule has 5 nitrogen and oxygen atoms in total. The molecule has 0 aliphatic heterocycles. The van der Waals surface area contributed by atoms with Crippen LogP contribution >= 0.6 is 11.6 Å². The average molecular weight is 198 g/mol. The highest BCUT2D eigenvalue weighted by Gasteiger charge is 2.08. The lowest BCUT2D eigenvalue weighted by Crippen LogP contribution is -2.08. The van der Waals surface area contributed by atoms with Crippen LogP contribution in [-0.4, -0.2) is 18.4 Å². The number of aromatic nitrogens is 1. The Balaban J connectivity index is 3.13. The number of hydrogen-bond donors (Lipinski definition) is 1. The van der Waals surface area contributed by atoms with Gasteiger partial charge in [0.1, 0.15) is 0 Å². The van der Waals surface area contributed by atoms with Gasteiger partial charge in [-0.15, -0.1) is 5.12 Å². The molecule has 0 aliphatic carbocycles. The number of anilines is 2. The van der Waals surface area contributed by atoms with Crippen LogP contribution in [0, 0.1) is 0 Å². The lowest BCUT2D eigenvalue weighted by atomic mass is 10.4. The minimum Gasteiger partial charge on any atom is -0.397 e. The third-order valence-electron chi connectivity index (χ3n) is 1.30. The van der Waals surface area contributed by atoms with Crippen LogP contribution < -0.4 is 10.9 Å². The van der Waals surface area contributed by atoms with E-state index in [2.05, 4.69) is 28.6 Å². The van der Waals surface area contributed by atoms with Crippen molar-refractivity contribution in [3.63, 3.8) is 0 Å². The molecule has 1 aromatic rings. The van der Waals surface area contributed by atoms with Crippen LogP contribution in [0.1, 0.15) is 0 Å². The van der Waals surface area contributed by atoms with Gasteiger partial charge in [-0.1, -0.05) is 11.6 Å². The van der Waals surface area contributed by atoms with Crippen molar-refractivity contribution in [1.82, 2.24) is 4.98 Å². The molecule has 0 aromatic carbocycles. The van der Waals surface area contributed by atoms with E-state index in [9.17, 15) is 0 Å². The Morgan fingerprint density at radius 1 is 1.46 bits per heavy atom. The van der Waals surface area contributed by atoms with Gasteiger partial charge in [0.2, 0.25) is 0 Å². The SMILES string of the molecule is C=NN(N=C)c1ncc(N)cc1Cl. The summed E-state index contributed by atoms with van der Waals surface area (Å²) in [5.41, 5.74) is 5.93. The van der Waals surface area contributed by atoms with Crippen molar-refractivity contribution in [2.75, 3.05) is 10.9 Å². The van der Waals surface area contributed by atoms with Crippen molar-refractivity contribution >= 4 is 36.5 Å². The number of pyridine rings is 1. The Morgan fingerprint density at radius 3 is 2.54 bits per heavy atom. The molecule has 0 bridgehead atoms. The van der Waals surface area contributed by atoms with Gasteiger partial charge in [-0.2, -0.15) is 10.2 Å². The first-order valence-electron chi connectivity index (χ1n) is 3.33. The van der Waals surface area contributed by atoms with Gasteiger partial charge >= 0.3 is 0 Å². The van der Waals surface area contributed by atoms with Crippen LogP contribution in [0.15, 0.2) is 22.5 Å². The van der Waals surface area contributed by atoms with Gasteiger partial charge in [-0.05, 0) is 6.07 Å². The molecule has 0 saturated heterocycles. The Bertz CT molecular complexity index is 330. The summed E-state index contributed by atoms with van der Waals surface area (Å²) in [6.07, 6.45) is 1.45. The predicted octanol–water partition coefficient (Wildman–Crippen LogP) is 1.35. The third kappa shape index (κ3) is 1.94. The highest BCUT2D eigenvalue weighted by Crippen LogP contribution is 2.24. The standard InChI is InChI=1S/C7H8ClN5/c1-10-13(11-2)7-6(8)3-5(9)4-12-7/h3-4H,1-2,9H2. The maximum Gasteiger partial charge on any atom is 0.193 e. The van der Waals surface area contributed by atoms with Crippen molar-refractivity contribution in [3.05, 3.63) is 17.3 Å². The lowest BCUT2D eigenvalue weighted by molar-refractivity contribution is 0.915. The zero-order valence-corrected chi connectivity index (χ0v) is 7.57. The molecule has 0 amide bonds. The topological polar surface area (TPSA) is 66.9 Å². The predicted molar refractivity (Wildman–Crippen MR) is 55.2 cm³/mol. The van der Waals surface area contributed by atoms with Crippen molar-refractivity contribution in [1.29, 1.82) is 0 Å². The molecule has 68 valence electrons. The van der Waals surface area contributed by atoms with E-state index < -0.39 is 0 Å². The second-order valence-electron chi connectivity index (χ2n) is 2.15. The van der Waals surface area contributed by atoms with Crippen LogP contribution in [0.3, 0.4) is 0 Å². The number of hydrazone groups is 2. The fraction of sp³-hybridized carbons (Fsp3) is 0. The average Bonchev–Trinajstić information content (AvgIpc) is 2.10. The van der Waals surface area contributed by atoms with Gasteiger partial charge in [0.15, 0.2) is 5.82 Å². The van der Waals surface area contributed by atoms with Crippen LogP contribution in [0.25, 0.3) is 0 Å². The molecule has 0 atom stereocenters. The van der Waals surface area contributed by atoms with Crippen molar-refractivity contribution in [2.24, 2.45) is 10.2 Å². The normalized spacial score (nSPS) is 9.31. The van der Waals surface area contributed by atoms with E-state index in [1.165, 1.54) is 6.20 Å². The highest BCUT2D eigenvalue weighted by molar-refractivity contribution is 6.33. The summed E-state index contributed by atoms with van der Waals surface area (Å²) in [6.45, 7) is 6.57. The molecule has 6 heteroatoms. The van der Waals surface area contributed by atoms with E-state index in [0.29, 0.717) is 16.5 Å². The molecule has 1 rings (SSSR count). The number of nitrogen functional groups attached to an aromatic ring is 1. The van der Waals surface area contributed by atoms with E-state index in [1.807, 2.05) is 0 Å². The molecule has 1 heterocycles. The minimum atomic E-state index is 0.347. The fourth-order valence-corrected chi connectivity index (χ4v) is 1.02. The zero-order chi connectivity index (χ0) is 9.84. The molecule has 2 N–H and O–H groups in total. The summed E-state index contributed by atoms with van der Waals surface area (Å²) in [4.78, 5) is 3.92. The van der Waals surface area contributed by atoms with Gasteiger partial charge in [0.05, 0.1) is 16.9 Å². The second kappa shape index (κ2) is 3.86. The molecule has 0 spiro atoms. The number of halogens is 1. The second-order valence-corrected chi connectivity index (χ2v) is 2.55. The molecule has 0 aliphatic rings. The number of nitrogens with zero attached hydrogens (tertiary/aromatic N) is 4. The zero-order valence-electron chi connectivity index (χ0n) is 6.81. The smallest absolute Gasteiger partial charge is 0.193 e. The first-order chi connectivity index (χ1) is 6.19. The summed E-state index contributed by atoms with van der Waals surface area (Å²) in [5, 5.41) is 8.53. The van der Waals surface area contributed by atoms with Gasteiger partial charge in [0, 0.05) is 13.4 Å². The largest absolute Gasteiger partial charge is 0.397 e. The van der Waals surface area contributed by atoms with Gasteiger partial charge in [-0.3, -0.25) is 0 Å². The van der Waals surface area contributed by atoms with E-state index in [4.69, 9.17) is 17.3 Å². The summed E-state index contributed by atoms with van der Waals surface area (Å²) >= 11 is 5.82. The molecule has 0 saturated carbocycles. The van der Waals surface area contributed by atoms with Crippen LogP contribution in [0.2, 0.25) is 5.02 Å². The quantitative estimate of drug-likeness (QED) is 0.588. The number of nitrogens with two attached hydrogens (primary N) is 1. The Kier molecular flexibility index (Phi) is 2.81. The number of hydrogen-bond acceptors (Lipinski definition) is 5.